The van der Waals surface area contributed by atoms with Crippen LogP contribution in [0.5, 0.6) is 0 Å². The third-order valence-electron chi connectivity index (χ3n) is 2.30. The van der Waals surface area contributed by atoms with Crippen molar-refractivity contribution >= 4 is 17.6 Å². The summed E-state index contributed by atoms with van der Waals surface area (Å²) in [4.78, 5) is 33.0. The molecule has 1 aliphatic rings. The van der Waals surface area contributed by atoms with Crippen molar-refractivity contribution in [3.63, 3.8) is 0 Å². The number of nitrogens with zero attached hydrogens (tertiary/aromatic N) is 1. The van der Waals surface area contributed by atoms with Crippen molar-refractivity contribution in [1.29, 1.82) is 0 Å². The van der Waals surface area contributed by atoms with E-state index in [4.69, 9.17) is 16.6 Å². The Morgan fingerprint density at radius 1 is 1.19 bits per heavy atom. The van der Waals surface area contributed by atoms with Crippen molar-refractivity contribution in [1.82, 2.24) is 4.90 Å². The highest BCUT2D eigenvalue weighted by molar-refractivity contribution is 5.87. The van der Waals surface area contributed by atoms with Gasteiger partial charge < -0.3 is 21.5 Å². The molecule has 0 spiro atoms. The summed E-state index contributed by atoms with van der Waals surface area (Å²) in [5.41, 5.74) is 10.3. The van der Waals surface area contributed by atoms with E-state index in [1.54, 1.807) is 0 Å². The molecule has 1 fully saturated rings. The molecule has 0 aliphatic carbocycles. The summed E-state index contributed by atoms with van der Waals surface area (Å²) in [6, 6.07) is -0.430. The second kappa shape index (κ2) is 16.6. The molecule has 1 atom stereocenters. The molecule has 126 valence electrons. The molecule has 1 rings (SSSR count). The van der Waals surface area contributed by atoms with Gasteiger partial charge in [0, 0.05) is 6.54 Å². The van der Waals surface area contributed by atoms with Crippen molar-refractivity contribution in [2.75, 3.05) is 19.7 Å². The van der Waals surface area contributed by atoms with Crippen LogP contribution in [0.25, 0.3) is 0 Å². The number of hydrogen-bond acceptors (Lipinski definition) is 5. The highest BCUT2D eigenvalue weighted by Gasteiger charge is 2.31. The smallest absolute Gasteiger partial charge is 0.240 e. The molecular formula is C14H31N3O4. The number of Topliss-reactive ketones (excluding diaryl/α,β-unsaturated/α-hetero) is 1. The fraction of sp³-hybridized carbons (Fsp3) is 0.786. The number of nitrogens with two attached hydrogens (primary N) is 2. The van der Waals surface area contributed by atoms with Gasteiger partial charge in [-0.15, -0.1) is 0 Å². The molecule has 0 saturated carbocycles. The Bertz CT molecular complexity index is 296. The van der Waals surface area contributed by atoms with E-state index in [1.165, 1.54) is 11.8 Å². The maximum atomic E-state index is 11.1. The fourth-order valence-corrected chi connectivity index (χ4v) is 1.48. The first-order valence-electron chi connectivity index (χ1n) is 7.33. The first kappa shape index (κ1) is 24.5. The number of carbonyl (C=O) groups excluding carboxylic acids is 3. The highest BCUT2D eigenvalue weighted by Crippen LogP contribution is 2.16. The Hall–Kier alpha value is -1.47. The highest BCUT2D eigenvalue weighted by atomic mass is 16.3. The van der Waals surface area contributed by atoms with Gasteiger partial charge in [0.15, 0.2) is 5.78 Å². The summed E-state index contributed by atoms with van der Waals surface area (Å²) >= 11 is 0. The largest absolute Gasteiger partial charge is 0.389 e. The fourth-order valence-electron chi connectivity index (χ4n) is 1.48. The van der Waals surface area contributed by atoms with Gasteiger partial charge in [-0.25, -0.2) is 0 Å². The molecule has 0 bridgehead atoms. The number of rotatable bonds is 3. The van der Waals surface area contributed by atoms with Crippen molar-refractivity contribution in [3.05, 3.63) is 0 Å². The lowest BCUT2D eigenvalue weighted by atomic mass is 10.2. The van der Waals surface area contributed by atoms with Crippen LogP contribution in [-0.4, -0.2) is 53.3 Å². The molecule has 0 aromatic rings. The number of likely N-dealkylation sites (tertiary alicyclic amines) is 1. The molecule has 1 aliphatic heterocycles. The monoisotopic (exact) mass is 305 g/mol. The Morgan fingerprint density at radius 2 is 1.62 bits per heavy atom. The van der Waals surface area contributed by atoms with Gasteiger partial charge in [0.25, 0.3) is 0 Å². The van der Waals surface area contributed by atoms with Gasteiger partial charge in [-0.1, -0.05) is 27.7 Å². The predicted octanol–water partition coefficient (Wildman–Crippen LogP) is 0.0415. The minimum absolute atomic E-state index is 0.0518. The molecule has 2 amide bonds. The summed E-state index contributed by atoms with van der Waals surface area (Å²) in [7, 11) is 0. The maximum absolute atomic E-state index is 11.1. The number of carbonyl (C=O) groups is 3. The van der Waals surface area contributed by atoms with E-state index in [2.05, 4.69) is 0 Å². The SMILES string of the molecule is CC.CC.CC(=O)CO.NCC(=O)N1CCCC1C(N)=O. The average molecular weight is 305 g/mol. The van der Waals surface area contributed by atoms with Gasteiger partial charge in [-0.2, -0.15) is 0 Å². The van der Waals surface area contributed by atoms with E-state index < -0.39 is 11.9 Å². The third kappa shape index (κ3) is 12.0. The summed E-state index contributed by atoms with van der Waals surface area (Å²) in [6.07, 6.45) is 1.50. The minimum atomic E-state index is -0.436. The molecule has 1 saturated heterocycles. The molecule has 0 aromatic carbocycles. The molecular weight excluding hydrogens is 274 g/mol. The van der Waals surface area contributed by atoms with E-state index in [0.29, 0.717) is 13.0 Å². The zero-order valence-corrected chi connectivity index (χ0v) is 13.9. The first-order chi connectivity index (χ1) is 9.93. The van der Waals surface area contributed by atoms with Crippen LogP contribution in [-0.2, 0) is 14.4 Å². The van der Waals surface area contributed by atoms with E-state index in [0.717, 1.165) is 6.42 Å². The zero-order chi connectivity index (χ0) is 17.4. The molecule has 5 N–H and O–H groups in total. The Morgan fingerprint density at radius 3 is 1.90 bits per heavy atom. The molecule has 7 nitrogen and oxygen atoms in total. The van der Waals surface area contributed by atoms with Crippen molar-refractivity contribution < 1.29 is 19.5 Å². The molecule has 7 heteroatoms. The van der Waals surface area contributed by atoms with Gasteiger partial charge in [0.05, 0.1) is 6.54 Å². The Kier molecular flexibility index (Phi) is 19.4. The lowest BCUT2D eigenvalue weighted by molar-refractivity contribution is -0.136. The van der Waals surface area contributed by atoms with Gasteiger partial charge >= 0.3 is 0 Å². The number of hydrogen-bond donors (Lipinski definition) is 3. The van der Waals surface area contributed by atoms with Crippen molar-refractivity contribution in [2.45, 2.75) is 53.5 Å². The molecule has 21 heavy (non-hydrogen) atoms. The quantitative estimate of drug-likeness (QED) is 0.678. The number of amides is 2. The second-order valence-electron chi connectivity index (χ2n) is 3.71. The Labute approximate surface area is 127 Å². The molecule has 0 aromatic heterocycles. The molecule has 1 unspecified atom stereocenters. The van der Waals surface area contributed by atoms with Gasteiger partial charge in [0.2, 0.25) is 11.8 Å². The molecule has 0 radical (unpaired) electrons. The number of ketones is 1. The van der Waals surface area contributed by atoms with Crippen LogP contribution in [0.1, 0.15) is 47.5 Å². The van der Waals surface area contributed by atoms with Crippen LogP contribution in [0.15, 0.2) is 0 Å². The van der Waals surface area contributed by atoms with E-state index in [-0.39, 0.29) is 24.8 Å². The van der Waals surface area contributed by atoms with Gasteiger partial charge in [0.1, 0.15) is 12.6 Å². The predicted molar refractivity (Wildman–Crippen MR) is 83.4 cm³/mol. The van der Waals surface area contributed by atoms with E-state index in [9.17, 15) is 14.4 Å². The topological polar surface area (TPSA) is 127 Å². The summed E-state index contributed by atoms with van der Waals surface area (Å²) in [5, 5.41) is 7.79. The van der Waals surface area contributed by atoms with Crippen LogP contribution in [0.2, 0.25) is 0 Å². The van der Waals surface area contributed by atoms with Crippen LogP contribution in [0.4, 0.5) is 0 Å². The van der Waals surface area contributed by atoms with E-state index in [1.807, 2.05) is 27.7 Å². The van der Waals surface area contributed by atoms with Crippen LogP contribution in [0.3, 0.4) is 0 Å². The number of aliphatic hydroxyl groups excluding tert-OH is 1. The van der Waals surface area contributed by atoms with Crippen LogP contribution in [0, 0.1) is 0 Å². The van der Waals surface area contributed by atoms with Crippen molar-refractivity contribution in [2.24, 2.45) is 11.5 Å². The number of aliphatic hydroxyl groups is 1. The Balaban J connectivity index is -0.000000304. The maximum Gasteiger partial charge on any atom is 0.240 e. The number of primary amides is 1. The first-order valence-corrected chi connectivity index (χ1v) is 7.33. The summed E-state index contributed by atoms with van der Waals surface area (Å²) < 4.78 is 0. The normalized spacial score (nSPS) is 15.4. The minimum Gasteiger partial charge on any atom is -0.389 e. The average Bonchev–Trinajstić information content (AvgIpc) is 3.01. The summed E-state index contributed by atoms with van der Waals surface area (Å²) in [5.74, 6) is -0.824. The van der Waals surface area contributed by atoms with Gasteiger partial charge in [-0.3, -0.25) is 14.4 Å². The third-order valence-corrected chi connectivity index (χ3v) is 2.30. The van der Waals surface area contributed by atoms with E-state index >= 15 is 0 Å². The standard InChI is InChI=1S/C7H13N3O2.C3H6O2.2C2H6/c8-4-6(11)10-3-1-2-5(10)7(9)12;1-3(5)2-4;2*1-2/h5H,1-4,8H2,(H2,9,12);4H,2H2,1H3;2*1-2H3. The van der Waals surface area contributed by atoms with Gasteiger partial charge in [-0.05, 0) is 19.8 Å². The lowest BCUT2D eigenvalue weighted by Crippen LogP contribution is -2.45. The lowest BCUT2D eigenvalue weighted by Gasteiger charge is -2.20. The second-order valence-corrected chi connectivity index (χ2v) is 3.71. The van der Waals surface area contributed by atoms with Crippen LogP contribution >= 0.6 is 0 Å². The molecule has 1 heterocycles. The summed E-state index contributed by atoms with van der Waals surface area (Å²) in [6.45, 7) is 9.55. The van der Waals surface area contributed by atoms with Crippen molar-refractivity contribution in [3.8, 4) is 0 Å². The zero-order valence-electron chi connectivity index (χ0n) is 13.9. The van der Waals surface area contributed by atoms with Crippen LogP contribution < -0.4 is 11.5 Å².